The summed E-state index contributed by atoms with van der Waals surface area (Å²) in [7, 11) is 1.22. The van der Waals surface area contributed by atoms with Crippen LogP contribution in [0.25, 0.3) is 0 Å². The van der Waals surface area contributed by atoms with Gasteiger partial charge in [0.05, 0.1) is 24.0 Å². The van der Waals surface area contributed by atoms with E-state index in [0.717, 1.165) is 6.42 Å². The Balaban J connectivity index is 3.30. The lowest BCUT2D eigenvalue weighted by molar-refractivity contribution is -0.384. The Labute approximate surface area is 172 Å². The molecule has 0 heterocycles. The number of nitrogens with one attached hydrogen (secondary N) is 1. The summed E-state index contributed by atoms with van der Waals surface area (Å²) in [5.74, 6) is 3.90. The van der Waals surface area contributed by atoms with Gasteiger partial charge in [-0.15, -0.1) is 0 Å². The van der Waals surface area contributed by atoms with Crippen LogP contribution in [0.3, 0.4) is 0 Å². The zero-order valence-electron chi connectivity index (χ0n) is 16.6. The van der Waals surface area contributed by atoms with Crippen LogP contribution in [0.2, 0.25) is 0 Å². The highest BCUT2D eigenvalue weighted by Crippen LogP contribution is 2.38. The topological polar surface area (TPSA) is 125 Å². The number of ether oxygens (including phenoxy) is 1. The van der Waals surface area contributed by atoms with E-state index in [9.17, 15) is 19.7 Å². The van der Waals surface area contributed by atoms with Gasteiger partial charge in [0.25, 0.3) is 11.6 Å². The van der Waals surface area contributed by atoms with Gasteiger partial charge < -0.3 is 15.8 Å². The van der Waals surface area contributed by atoms with Crippen molar-refractivity contribution < 1.29 is 19.2 Å². The molecule has 1 rings (SSSR count). The summed E-state index contributed by atoms with van der Waals surface area (Å²) < 4.78 is 4.97. The van der Waals surface area contributed by atoms with Gasteiger partial charge in [-0.3, -0.25) is 19.7 Å². The Kier molecular flexibility index (Phi) is 8.00. The summed E-state index contributed by atoms with van der Waals surface area (Å²) in [6, 6.07) is 0. The van der Waals surface area contributed by atoms with E-state index in [0.29, 0.717) is 16.6 Å². The number of amides is 1. The Morgan fingerprint density at radius 1 is 1.36 bits per heavy atom. The van der Waals surface area contributed by atoms with Crippen molar-refractivity contribution in [2.75, 3.05) is 19.4 Å². The molecule has 3 N–H and O–H groups in total. The molecule has 0 unspecified atom stereocenters. The van der Waals surface area contributed by atoms with Crippen molar-refractivity contribution >= 4 is 39.2 Å². The van der Waals surface area contributed by atoms with Crippen LogP contribution in [0.4, 0.5) is 11.4 Å². The molecular formula is C19H24BrN3O5. The first-order chi connectivity index (χ1) is 12.9. The van der Waals surface area contributed by atoms with E-state index < -0.39 is 16.8 Å². The van der Waals surface area contributed by atoms with Crippen LogP contribution >= 0.6 is 15.9 Å². The summed E-state index contributed by atoms with van der Waals surface area (Å²) in [5, 5.41) is 14.1. The van der Waals surface area contributed by atoms with E-state index in [1.165, 1.54) is 14.0 Å². The monoisotopic (exact) mass is 453 g/mol. The number of carbonyl (C=O) groups is 2. The maximum absolute atomic E-state index is 12.0. The fourth-order valence-electron chi connectivity index (χ4n) is 2.40. The Morgan fingerprint density at radius 3 is 2.46 bits per heavy atom. The molecule has 0 aromatic heterocycles. The van der Waals surface area contributed by atoms with E-state index in [-0.39, 0.29) is 34.3 Å². The average molecular weight is 454 g/mol. The fourth-order valence-corrected chi connectivity index (χ4v) is 3.15. The van der Waals surface area contributed by atoms with Crippen LogP contribution in [0.5, 0.6) is 0 Å². The van der Waals surface area contributed by atoms with Gasteiger partial charge in [0.1, 0.15) is 5.69 Å². The van der Waals surface area contributed by atoms with Gasteiger partial charge in [-0.25, -0.2) is 0 Å². The van der Waals surface area contributed by atoms with Gasteiger partial charge >= 0.3 is 5.97 Å². The molecule has 0 fully saturated rings. The maximum Gasteiger partial charge on any atom is 0.310 e. The molecule has 1 aromatic carbocycles. The van der Waals surface area contributed by atoms with Gasteiger partial charge in [-0.1, -0.05) is 26.7 Å². The smallest absolute Gasteiger partial charge is 0.310 e. The number of hydrogen-bond donors (Lipinski definition) is 2. The van der Waals surface area contributed by atoms with Crippen molar-refractivity contribution in [3.63, 3.8) is 0 Å². The molecule has 8 nitrogen and oxygen atoms in total. The van der Waals surface area contributed by atoms with Crippen LogP contribution in [-0.2, 0) is 20.7 Å². The molecule has 152 valence electrons. The summed E-state index contributed by atoms with van der Waals surface area (Å²) in [6.45, 7) is 8.11. The van der Waals surface area contributed by atoms with Crippen LogP contribution in [-0.4, -0.2) is 30.5 Å². The van der Waals surface area contributed by atoms with Crippen molar-refractivity contribution in [3.8, 4) is 11.8 Å². The molecular weight excluding hydrogens is 430 g/mol. The Morgan fingerprint density at radius 2 is 1.96 bits per heavy atom. The predicted molar refractivity (Wildman–Crippen MR) is 110 cm³/mol. The number of nitro groups is 1. The van der Waals surface area contributed by atoms with Gasteiger partial charge in [-0.2, -0.15) is 0 Å². The fraction of sp³-hybridized carbons (Fsp3) is 0.474. The highest BCUT2D eigenvalue weighted by molar-refractivity contribution is 9.10. The Hall–Kier alpha value is -2.60. The number of methoxy groups -OCH3 is 1. The number of benzene rings is 1. The van der Waals surface area contributed by atoms with Crippen molar-refractivity contribution in [2.24, 2.45) is 5.41 Å². The van der Waals surface area contributed by atoms with Crippen LogP contribution in [0.15, 0.2) is 4.47 Å². The molecule has 0 aliphatic rings. The summed E-state index contributed by atoms with van der Waals surface area (Å²) in [6.07, 6.45) is 0.571. The molecule has 0 saturated carbocycles. The molecule has 0 aliphatic heterocycles. The highest BCUT2D eigenvalue weighted by Gasteiger charge is 2.27. The van der Waals surface area contributed by atoms with E-state index in [2.05, 4.69) is 58.6 Å². The van der Waals surface area contributed by atoms with Crippen molar-refractivity contribution in [3.05, 3.63) is 31.3 Å². The molecule has 28 heavy (non-hydrogen) atoms. The molecule has 1 amide bonds. The lowest BCUT2D eigenvalue weighted by Crippen LogP contribution is -2.25. The number of nitrogens with zero attached hydrogens (tertiary/aromatic N) is 1. The van der Waals surface area contributed by atoms with Gasteiger partial charge in [-0.05, 0) is 40.3 Å². The van der Waals surface area contributed by atoms with Crippen LogP contribution in [0, 0.1) is 34.3 Å². The summed E-state index contributed by atoms with van der Waals surface area (Å²) >= 11 is 3.31. The number of esters is 1. The van der Waals surface area contributed by atoms with Gasteiger partial charge in [0, 0.05) is 22.5 Å². The third-order valence-electron chi connectivity index (χ3n) is 4.01. The molecule has 0 aliphatic carbocycles. The number of carbonyl (C=O) groups excluding carboxylic acids is 2. The first-order valence-corrected chi connectivity index (χ1v) is 9.29. The molecule has 0 spiro atoms. The first-order valence-electron chi connectivity index (χ1n) is 8.50. The molecule has 1 aromatic rings. The second kappa shape index (κ2) is 9.55. The van der Waals surface area contributed by atoms with E-state index in [1.807, 2.05) is 0 Å². The maximum atomic E-state index is 12.0. The number of nitrogen functional groups attached to an aromatic ring is 1. The molecule has 9 heteroatoms. The normalized spacial score (nSPS) is 10.6. The summed E-state index contributed by atoms with van der Waals surface area (Å²) in [4.78, 5) is 34.5. The van der Waals surface area contributed by atoms with E-state index >= 15 is 0 Å². The average Bonchev–Trinajstić information content (AvgIpc) is 2.56. The minimum atomic E-state index is -0.632. The largest absolute Gasteiger partial charge is 0.469 e. The minimum absolute atomic E-state index is 0.0640. The van der Waals surface area contributed by atoms with Crippen molar-refractivity contribution in [1.29, 1.82) is 0 Å². The minimum Gasteiger partial charge on any atom is -0.469 e. The predicted octanol–water partition coefficient (Wildman–Crippen LogP) is 2.87. The van der Waals surface area contributed by atoms with E-state index in [4.69, 9.17) is 5.73 Å². The number of anilines is 1. The van der Waals surface area contributed by atoms with Gasteiger partial charge in [0.2, 0.25) is 0 Å². The lowest BCUT2D eigenvalue weighted by atomic mass is 9.92. The van der Waals surface area contributed by atoms with Crippen LogP contribution in [0.1, 0.15) is 43.9 Å². The highest BCUT2D eigenvalue weighted by atomic mass is 79.9. The number of nitro benzene ring substituents is 1. The molecule has 0 bridgehead atoms. The first kappa shape index (κ1) is 23.4. The molecule has 0 radical (unpaired) electrons. The molecule has 0 atom stereocenters. The third kappa shape index (κ3) is 6.23. The van der Waals surface area contributed by atoms with Crippen molar-refractivity contribution in [1.82, 2.24) is 5.32 Å². The van der Waals surface area contributed by atoms with Crippen LogP contribution < -0.4 is 11.1 Å². The zero-order valence-corrected chi connectivity index (χ0v) is 18.2. The number of hydrogen-bond acceptors (Lipinski definition) is 6. The Bertz CT molecular complexity index is 863. The zero-order chi connectivity index (χ0) is 21.6. The van der Waals surface area contributed by atoms with Gasteiger partial charge in [0.15, 0.2) is 0 Å². The third-order valence-corrected chi connectivity index (χ3v) is 4.88. The number of halogens is 1. The van der Waals surface area contributed by atoms with Crippen molar-refractivity contribution in [2.45, 2.75) is 40.5 Å². The number of nitrogens with two attached hydrogens (primary N) is 1. The SMILES string of the molecule is COC(=O)Cc1c(C)c([N+](=O)[O-])c(N)c(C#CC(=O)NCCC(C)(C)C)c1Br. The summed E-state index contributed by atoms with van der Waals surface area (Å²) in [5.41, 5.74) is 6.15. The molecule has 0 saturated heterocycles. The standard InChI is InChI=1S/C19H24BrN3O5/c1-11-13(10-15(25)28-5)16(20)12(17(21)18(11)23(26)27)6-7-14(24)22-9-8-19(2,3)4/h8-10,21H2,1-5H3,(H,22,24). The quantitative estimate of drug-likeness (QED) is 0.232. The number of rotatable bonds is 5. The van der Waals surface area contributed by atoms with E-state index in [1.54, 1.807) is 0 Å². The second-order valence-electron chi connectivity index (χ2n) is 7.38. The lowest BCUT2D eigenvalue weighted by Gasteiger charge is -2.17. The second-order valence-corrected chi connectivity index (χ2v) is 8.17.